The summed E-state index contributed by atoms with van der Waals surface area (Å²) in [5.74, 6) is 0. The normalized spacial score (nSPS) is 12.6. The molecule has 0 saturated carbocycles. The predicted molar refractivity (Wildman–Crippen MR) is 56.4 cm³/mol. The predicted octanol–water partition coefficient (Wildman–Crippen LogP) is 2.76. The maximum atomic E-state index is 9.64. The maximum Gasteiger partial charge on any atom is 0.116 e. The summed E-state index contributed by atoms with van der Waals surface area (Å²) >= 11 is 3.35. The summed E-state index contributed by atoms with van der Waals surface area (Å²) < 4.78 is 0.949. The van der Waals surface area contributed by atoms with E-state index in [0.29, 0.717) is 11.3 Å². The molecule has 1 aromatic rings. The molecule has 0 aliphatic carbocycles. The summed E-state index contributed by atoms with van der Waals surface area (Å²) in [7, 11) is 0. The van der Waals surface area contributed by atoms with Crippen molar-refractivity contribution in [1.29, 1.82) is 0 Å². The minimum atomic E-state index is -0.660. The standard InChI is InChI=1S/C10H12BrNO/c1-6(2)10(13)9-4-7(3)8(11)5-12-9/h4-5,10,13H,1H2,2-3H3. The van der Waals surface area contributed by atoms with Crippen molar-refractivity contribution in [3.05, 3.63) is 40.1 Å². The fourth-order valence-electron chi connectivity index (χ4n) is 0.963. The summed E-state index contributed by atoms with van der Waals surface area (Å²) in [6.45, 7) is 7.42. The Morgan fingerprint density at radius 2 is 2.31 bits per heavy atom. The topological polar surface area (TPSA) is 33.1 Å². The second kappa shape index (κ2) is 4.03. The first-order valence-electron chi connectivity index (χ1n) is 3.98. The Labute approximate surface area is 86.4 Å². The Balaban J connectivity index is 3.03. The fourth-order valence-corrected chi connectivity index (χ4v) is 1.18. The molecule has 3 heteroatoms. The van der Waals surface area contributed by atoms with Crippen LogP contribution < -0.4 is 0 Å². The first-order chi connectivity index (χ1) is 6.02. The monoisotopic (exact) mass is 241 g/mol. The molecular weight excluding hydrogens is 230 g/mol. The van der Waals surface area contributed by atoms with E-state index in [1.165, 1.54) is 0 Å². The van der Waals surface area contributed by atoms with Gasteiger partial charge in [0, 0.05) is 10.7 Å². The van der Waals surface area contributed by atoms with Gasteiger partial charge >= 0.3 is 0 Å². The van der Waals surface area contributed by atoms with Gasteiger partial charge in [0.15, 0.2) is 0 Å². The van der Waals surface area contributed by atoms with E-state index >= 15 is 0 Å². The van der Waals surface area contributed by atoms with Crippen molar-refractivity contribution in [3.8, 4) is 0 Å². The van der Waals surface area contributed by atoms with Crippen LogP contribution in [0.1, 0.15) is 24.3 Å². The molecule has 1 N–H and O–H groups in total. The van der Waals surface area contributed by atoms with Gasteiger partial charge in [0.1, 0.15) is 6.10 Å². The van der Waals surface area contributed by atoms with Gasteiger partial charge in [-0.2, -0.15) is 0 Å². The number of rotatable bonds is 2. The molecule has 2 nitrogen and oxygen atoms in total. The molecule has 0 amide bonds. The number of aryl methyl sites for hydroxylation is 1. The van der Waals surface area contributed by atoms with Crippen LogP contribution in [-0.4, -0.2) is 10.1 Å². The highest BCUT2D eigenvalue weighted by Crippen LogP contribution is 2.22. The number of hydrogen-bond donors (Lipinski definition) is 1. The second-order valence-corrected chi connectivity index (χ2v) is 3.96. The van der Waals surface area contributed by atoms with Crippen molar-refractivity contribution >= 4 is 15.9 Å². The van der Waals surface area contributed by atoms with Gasteiger partial charge in [-0.25, -0.2) is 0 Å². The van der Waals surface area contributed by atoms with E-state index in [1.54, 1.807) is 13.1 Å². The zero-order valence-corrected chi connectivity index (χ0v) is 9.30. The first-order valence-corrected chi connectivity index (χ1v) is 4.77. The molecule has 70 valence electrons. The van der Waals surface area contributed by atoms with Crippen LogP contribution in [0.25, 0.3) is 0 Å². The van der Waals surface area contributed by atoms with Crippen LogP contribution in [0.4, 0.5) is 0 Å². The second-order valence-electron chi connectivity index (χ2n) is 3.11. The number of aliphatic hydroxyl groups is 1. The van der Waals surface area contributed by atoms with E-state index < -0.39 is 6.10 Å². The molecule has 0 aliphatic heterocycles. The number of aliphatic hydroxyl groups excluding tert-OH is 1. The van der Waals surface area contributed by atoms with Gasteiger partial charge in [-0.15, -0.1) is 0 Å². The largest absolute Gasteiger partial charge is 0.382 e. The van der Waals surface area contributed by atoms with E-state index in [1.807, 2.05) is 13.0 Å². The van der Waals surface area contributed by atoms with Crippen molar-refractivity contribution in [2.75, 3.05) is 0 Å². The third-order valence-electron chi connectivity index (χ3n) is 1.82. The van der Waals surface area contributed by atoms with Gasteiger partial charge in [-0.3, -0.25) is 4.98 Å². The Hall–Kier alpha value is -0.670. The van der Waals surface area contributed by atoms with Crippen molar-refractivity contribution in [3.63, 3.8) is 0 Å². The number of hydrogen-bond acceptors (Lipinski definition) is 2. The number of aromatic nitrogens is 1. The number of pyridine rings is 1. The highest BCUT2D eigenvalue weighted by Gasteiger charge is 2.10. The average Bonchev–Trinajstić information content (AvgIpc) is 2.08. The van der Waals surface area contributed by atoms with E-state index in [0.717, 1.165) is 10.0 Å². The maximum absolute atomic E-state index is 9.64. The van der Waals surface area contributed by atoms with Crippen LogP contribution in [-0.2, 0) is 0 Å². The molecule has 0 bridgehead atoms. The average molecular weight is 242 g/mol. The summed E-state index contributed by atoms with van der Waals surface area (Å²) in [5, 5.41) is 9.64. The molecule has 1 unspecified atom stereocenters. The third-order valence-corrected chi connectivity index (χ3v) is 2.65. The summed E-state index contributed by atoms with van der Waals surface area (Å²) in [5.41, 5.74) is 2.41. The summed E-state index contributed by atoms with van der Waals surface area (Å²) in [6.07, 6.45) is 1.03. The molecule has 0 aliphatic rings. The quantitative estimate of drug-likeness (QED) is 0.809. The van der Waals surface area contributed by atoms with Gasteiger partial charge in [0.2, 0.25) is 0 Å². The van der Waals surface area contributed by atoms with E-state index in [2.05, 4.69) is 27.5 Å². The third kappa shape index (κ3) is 2.39. The molecule has 0 fully saturated rings. The van der Waals surface area contributed by atoms with Gasteiger partial charge in [-0.1, -0.05) is 6.58 Å². The number of halogens is 1. The Morgan fingerprint density at radius 1 is 1.69 bits per heavy atom. The highest BCUT2D eigenvalue weighted by molar-refractivity contribution is 9.10. The van der Waals surface area contributed by atoms with E-state index in [9.17, 15) is 5.11 Å². The Kier molecular flexibility index (Phi) is 3.22. The lowest BCUT2D eigenvalue weighted by atomic mass is 10.1. The number of nitrogens with zero attached hydrogens (tertiary/aromatic N) is 1. The van der Waals surface area contributed by atoms with Gasteiger partial charge in [0.25, 0.3) is 0 Å². The van der Waals surface area contributed by atoms with E-state index in [-0.39, 0.29) is 0 Å². The van der Waals surface area contributed by atoms with Crippen molar-refractivity contribution in [2.45, 2.75) is 20.0 Å². The molecule has 1 aromatic heterocycles. The smallest absolute Gasteiger partial charge is 0.116 e. The lowest BCUT2D eigenvalue weighted by Crippen LogP contribution is -2.01. The molecule has 0 aromatic carbocycles. The van der Waals surface area contributed by atoms with Gasteiger partial charge in [0.05, 0.1) is 5.69 Å². The van der Waals surface area contributed by atoms with Crippen molar-refractivity contribution in [1.82, 2.24) is 4.98 Å². The van der Waals surface area contributed by atoms with Crippen LogP contribution in [0, 0.1) is 6.92 Å². The molecular formula is C10H12BrNO. The van der Waals surface area contributed by atoms with Crippen LogP contribution in [0.5, 0.6) is 0 Å². The molecule has 0 radical (unpaired) electrons. The fraction of sp³-hybridized carbons (Fsp3) is 0.300. The first kappa shape index (κ1) is 10.4. The molecule has 1 atom stereocenters. The van der Waals surface area contributed by atoms with Crippen LogP contribution in [0.2, 0.25) is 0 Å². The summed E-state index contributed by atoms with van der Waals surface area (Å²) in [6, 6.07) is 1.85. The van der Waals surface area contributed by atoms with Crippen LogP contribution >= 0.6 is 15.9 Å². The lowest BCUT2D eigenvalue weighted by molar-refractivity contribution is 0.211. The molecule has 1 heterocycles. The molecule has 0 saturated heterocycles. The van der Waals surface area contributed by atoms with Crippen molar-refractivity contribution in [2.24, 2.45) is 0 Å². The molecule has 1 rings (SSSR count). The molecule has 0 spiro atoms. The van der Waals surface area contributed by atoms with E-state index in [4.69, 9.17) is 0 Å². The van der Waals surface area contributed by atoms with Gasteiger partial charge in [-0.05, 0) is 47.0 Å². The van der Waals surface area contributed by atoms with Gasteiger partial charge < -0.3 is 5.11 Å². The highest BCUT2D eigenvalue weighted by atomic mass is 79.9. The van der Waals surface area contributed by atoms with Crippen LogP contribution in [0.15, 0.2) is 28.9 Å². The Morgan fingerprint density at radius 3 is 2.77 bits per heavy atom. The Bertz CT molecular complexity index is 336. The van der Waals surface area contributed by atoms with Crippen molar-refractivity contribution < 1.29 is 5.11 Å². The van der Waals surface area contributed by atoms with Crippen LogP contribution in [0.3, 0.4) is 0 Å². The zero-order chi connectivity index (χ0) is 10.0. The summed E-state index contributed by atoms with van der Waals surface area (Å²) in [4.78, 5) is 4.10. The zero-order valence-electron chi connectivity index (χ0n) is 7.71. The molecule has 13 heavy (non-hydrogen) atoms. The SMILES string of the molecule is C=C(C)C(O)c1cc(C)c(Br)cn1. The minimum absolute atomic E-state index is 0.646. The minimum Gasteiger partial charge on any atom is -0.382 e. The lowest BCUT2D eigenvalue weighted by Gasteiger charge is -2.10.